The zero-order valence-electron chi connectivity index (χ0n) is 7.54. The zero-order valence-corrected chi connectivity index (χ0v) is 9.87. The highest BCUT2D eigenvalue weighted by Crippen LogP contribution is 2.26. The van der Waals surface area contributed by atoms with E-state index < -0.39 is 0 Å². The fraction of sp³-hybridized carbons (Fsp3) is 0.333. The molecule has 1 atom stereocenters. The van der Waals surface area contributed by atoms with Gasteiger partial charge in [-0.2, -0.15) is 0 Å². The molecule has 0 aliphatic heterocycles. The Morgan fingerprint density at radius 3 is 2.50 bits per heavy atom. The Bertz CT molecular complexity index is 291. The van der Waals surface area contributed by atoms with Gasteiger partial charge in [-0.1, -0.05) is 23.2 Å². The lowest BCUT2D eigenvalue weighted by atomic mass is 10.1. The second-order valence-corrected chi connectivity index (χ2v) is 3.69. The predicted octanol–water partition coefficient (Wildman–Crippen LogP) is 2.76. The minimum Gasteiger partial charge on any atom is -0.330 e. The molecule has 4 N–H and O–H groups in total. The molecular formula is C9H13Cl3N2. The summed E-state index contributed by atoms with van der Waals surface area (Å²) < 4.78 is 0. The first-order valence-corrected chi connectivity index (χ1v) is 4.81. The van der Waals surface area contributed by atoms with Gasteiger partial charge in [0.05, 0.1) is 0 Å². The molecule has 14 heavy (non-hydrogen) atoms. The lowest BCUT2D eigenvalue weighted by Crippen LogP contribution is -2.15. The molecule has 0 amide bonds. The average Bonchev–Trinajstić information content (AvgIpc) is 2.09. The summed E-state index contributed by atoms with van der Waals surface area (Å²) in [6, 6.07) is 5.14. The first-order chi connectivity index (χ1) is 6.15. The molecule has 0 aromatic heterocycles. The van der Waals surface area contributed by atoms with Gasteiger partial charge in [-0.25, -0.2) is 0 Å². The molecule has 5 heteroatoms. The summed E-state index contributed by atoms with van der Waals surface area (Å²) in [4.78, 5) is 0. The molecule has 80 valence electrons. The number of halogens is 3. The van der Waals surface area contributed by atoms with Crippen LogP contribution in [0, 0.1) is 0 Å². The Kier molecular flexibility index (Phi) is 6.49. The van der Waals surface area contributed by atoms with Crippen LogP contribution >= 0.6 is 35.6 Å². The van der Waals surface area contributed by atoms with Crippen molar-refractivity contribution >= 4 is 35.6 Å². The molecule has 0 radical (unpaired) electrons. The lowest BCUT2D eigenvalue weighted by molar-refractivity contribution is 0.661. The number of hydrogen-bond acceptors (Lipinski definition) is 2. The maximum absolute atomic E-state index is 5.95. The van der Waals surface area contributed by atoms with E-state index in [0.717, 1.165) is 5.56 Å². The van der Waals surface area contributed by atoms with Crippen molar-refractivity contribution in [2.45, 2.75) is 12.5 Å². The second kappa shape index (κ2) is 6.49. The predicted molar refractivity (Wildman–Crippen MR) is 64.3 cm³/mol. The third-order valence-corrected chi connectivity index (χ3v) is 2.41. The van der Waals surface area contributed by atoms with E-state index in [9.17, 15) is 0 Å². The van der Waals surface area contributed by atoms with Crippen LogP contribution in [0.5, 0.6) is 0 Å². The van der Waals surface area contributed by atoms with Gasteiger partial charge in [-0.05, 0) is 36.7 Å². The van der Waals surface area contributed by atoms with Gasteiger partial charge in [-0.3, -0.25) is 0 Å². The molecule has 0 fully saturated rings. The van der Waals surface area contributed by atoms with Crippen LogP contribution in [0.25, 0.3) is 0 Å². The monoisotopic (exact) mass is 254 g/mol. The maximum Gasteiger partial charge on any atom is 0.0454 e. The molecule has 1 aromatic carbocycles. The third-order valence-electron chi connectivity index (χ3n) is 1.84. The molecule has 2 nitrogen and oxygen atoms in total. The van der Waals surface area contributed by atoms with Gasteiger partial charge in [0.25, 0.3) is 0 Å². The van der Waals surface area contributed by atoms with Gasteiger partial charge in [0.2, 0.25) is 0 Å². The van der Waals surface area contributed by atoms with E-state index in [2.05, 4.69) is 0 Å². The summed E-state index contributed by atoms with van der Waals surface area (Å²) >= 11 is 11.8. The topological polar surface area (TPSA) is 52.0 Å². The van der Waals surface area contributed by atoms with Crippen LogP contribution in [0.4, 0.5) is 0 Å². The number of benzene rings is 1. The van der Waals surface area contributed by atoms with Crippen molar-refractivity contribution in [3.8, 4) is 0 Å². The highest BCUT2D eigenvalue weighted by atomic mass is 35.5. The Balaban J connectivity index is 0.00000169. The maximum atomic E-state index is 5.95. The van der Waals surface area contributed by atoms with Crippen molar-refractivity contribution in [2.75, 3.05) is 6.54 Å². The Morgan fingerprint density at radius 2 is 1.93 bits per heavy atom. The van der Waals surface area contributed by atoms with Crippen LogP contribution in [-0.4, -0.2) is 6.54 Å². The average molecular weight is 256 g/mol. The van der Waals surface area contributed by atoms with E-state index in [-0.39, 0.29) is 18.4 Å². The van der Waals surface area contributed by atoms with E-state index >= 15 is 0 Å². The standard InChI is InChI=1S/C9H12Cl2N2.ClH/c10-6-1-2-8(11)7(5-6)9(13)3-4-12;/h1-2,5,9H,3-4,12-13H2;1H/t9-;/m1./s1. The van der Waals surface area contributed by atoms with Crippen LogP contribution in [0.15, 0.2) is 18.2 Å². The fourth-order valence-electron chi connectivity index (χ4n) is 1.13. The summed E-state index contributed by atoms with van der Waals surface area (Å²) in [5.74, 6) is 0. The van der Waals surface area contributed by atoms with Crippen molar-refractivity contribution in [1.29, 1.82) is 0 Å². The van der Waals surface area contributed by atoms with Crippen LogP contribution in [0.2, 0.25) is 10.0 Å². The molecule has 1 rings (SSSR count). The minimum atomic E-state index is -0.129. The SMILES string of the molecule is Cl.NCC[C@@H](N)c1cc(Cl)ccc1Cl. The van der Waals surface area contributed by atoms with Crippen LogP contribution in [-0.2, 0) is 0 Å². The summed E-state index contributed by atoms with van der Waals surface area (Å²) in [6.07, 6.45) is 0.708. The Morgan fingerprint density at radius 1 is 1.29 bits per heavy atom. The van der Waals surface area contributed by atoms with Gasteiger partial charge < -0.3 is 11.5 Å². The van der Waals surface area contributed by atoms with Crippen molar-refractivity contribution in [2.24, 2.45) is 11.5 Å². The van der Waals surface area contributed by atoms with Gasteiger partial charge in [0.15, 0.2) is 0 Å². The summed E-state index contributed by atoms with van der Waals surface area (Å²) in [5, 5.41) is 1.29. The molecule has 0 saturated carbocycles. The van der Waals surface area contributed by atoms with E-state index in [1.807, 2.05) is 0 Å². The molecule has 0 heterocycles. The first kappa shape index (κ1) is 14.0. The van der Waals surface area contributed by atoms with Crippen LogP contribution in [0.1, 0.15) is 18.0 Å². The van der Waals surface area contributed by atoms with Crippen LogP contribution in [0.3, 0.4) is 0 Å². The molecular weight excluding hydrogens is 242 g/mol. The quantitative estimate of drug-likeness (QED) is 0.873. The van der Waals surface area contributed by atoms with Crippen LogP contribution < -0.4 is 11.5 Å². The molecule has 0 aliphatic rings. The molecule has 0 spiro atoms. The van der Waals surface area contributed by atoms with Gasteiger partial charge in [0.1, 0.15) is 0 Å². The molecule has 0 unspecified atom stereocenters. The molecule has 0 bridgehead atoms. The number of rotatable bonds is 3. The Hall–Kier alpha value is 0.01000. The molecule has 0 saturated heterocycles. The third kappa shape index (κ3) is 3.64. The smallest absolute Gasteiger partial charge is 0.0454 e. The van der Waals surface area contributed by atoms with E-state index in [4.69, 9.17) is 34.7 Å². The van der Waals surface area contributed by atoms with Gasteiger partial charge >= 0.3 is 0 Å². The Labute approximate surface area is 100.0 Å². The van der Waals surface area contributed by atoms with Crippen molar-refractivity contribution in [3.05, 3.63) is 33.8 Å². The van der Waals surface area contributed by atoms with Gasteiger partial charge in [-0.15, -0.1) is 12.4 Å². The summed E-state index contributed by atoms with van der Waals surface area (Å²) in [7, 11) is 0. The van der Waals surface area contributed by atoms with Crippen molar-refractivity contribution in [3.63, 3.8) is 0 Å². The first-order valence-electron chi connectivity index (χ1n) is 4.05. The van der Waals surface area contributed by atoms with E-state index in [1.54, 1.807) is 18.2 Å². The number of nitrogens with two attached hydrogens (primary N) is 2. The zero-order chi connectivity index (χ0) is 9.84. The van der Waals surface area contributed by atoms with E-state index in [0.29, 0.717) is 23.0 Å². The largest absolute Gasteiger partial charge is 0.330 e. The second-order valence-electron chi connectivity index (χ2n) is 2.85. The van der Waals surface area contributed by atoms with Crippen molar-refractivity contribution in [1.82, 2.24) is 0 Å². The normalized spacial score (nSPS) is 12.0. The summed E-state index contributed by atoms with van der Waals surface area (Å²) in [5.41, 5.74) is 12.1. The summed E-state index contributed by atoms with van der Waals surface area (Å²) in [6.45, 7) is 0.546. The lowest BCUT2D eigenvalue weighted by Gasteiger charge is -2.12. The fourth-order valence-corrected chi connectivity index (χ4v) is 1.57. The van der Waals surface area contributed by atoms with E-state index in [1.165, 1.54) is 0 Å². The number of hydrogen-bond donors (Lipinski definition) is 2. The molecule has 1 aromatic rings. The van der Waals surface area contributed by atoms with Crippen molar-refractivity contribution < 1.29 is 0 Å². The van der Waals surface area contributed by atoms with Gasteiger partial charge in [0, 0.05) is 16.1 Å². The minimum absolute atomic E-state index is 0. The highest BCUT2D eigenvalue weighted by Gasteiger charge is 2.09. The highest BCUT2D eigenvalue weighted by molar-refractivity contribution is 6.33. The molecule has 0 aliphatic carbocycles.